The Labute approximate surface area is 103 Å². The lowest BCUT2D eigenvalue weighted by atomic mass is 10.3. The van der Waals surface area contributed by atoms with E-state index in [0.29, 0.717) is 11.2 Å². The van der Waals surface area contributed by atoms with Crippen molar-refractivity contribution in [1.82, 2.24) is 9.88 Å². The zero-order valence-electron chi connectivity index (χ0n) is 9.33. The van der Waals surface area contributed by atoms with E-state index in [0.717, 1.165) is 36.9 Å². The highest BCUT2D eigenvalue weighted by atomic mass is 32.1. The molecule has 1 saturated heterocycles. The van der Waals surface area contributed by atoms with Crippen molar-refractivity contribution in [3.05, 3.63) is 16.3 Å². The summed E-state index contributed by atoms with van der Waals surface area (Å²) in [5.74, 6) is 0. The van der Waals surface area contributed by atoms with Crippen molar-refractivity contribution in [2.24, 2.45) is 0 Å². The normalized spacial score (nSPS) is 25.1. The number of hydrogen-bond acceptors (Lipinski definition) is 6. The van der Waals surface area contributed by atoms with Crippen molar-refractivity contribution in [2.45, 2.75) is 31.3 Å². The zero-order valence-corrected chi connectivity index (χ0v) is 10.2. The highest BCUT2D eigenvalue weighted by Crippen LogP contribution is 2.31. The van der Waals surface area contributed by atoms with Gasteiger partial charge in [0.05, 0.1) is 4.92 Å². The fraction of sp³-hybridized carbons (Fsp3) is 0.700. The lowest BCUT2D eigenvalue weighted by Crippen LogP contribution is -2.27. The maximum atomic E-state index is 10.5. The van der Waals surface area contributed by atoms with Crippen LogP contribution in [0.1, 0.15) is 19.3 Å². The van der Waals surface area contributed by atoms with Gasteiger partial charge in [-0.05, 0) is 30.6 Å². The van der Waals surface area contributed by atoms with Gasteiger partial charge in [0.2, 0.25) is 0 Å². The molecule has 1 aliphatic carbocycles. The van der Waals surface area contributed by atoms with Gasteiger partial charge < -0.3 is 5.32 Å². The number of nitrogens with one attached hydrogen (secondary N) is 1. The van der Waals surface area contributed by atoms with Gasteiger partial charge in [0, 0.05) is 25.2 Å². The van der Waals surface area contributed by atoms with Gasteiger partial charge in [-0.25, -0.2) is 4.98 Å². The molecule has 6 nitrogen and oxygen atoms in total. The Morgan fingerprint density at radius 2 is 2.35 bits per heavy atom. The Morgan fingerprint density at radius 1 is 1.53 bits per heavy atom. The predicted molar refractivity (Wildman–Crippen MR) is 65.4 cm³/mol. The van der Waals surface area contributed by atoms with E-state index in [2.05, 4.69) is 15.2 Å². The minimum Gasteiger partial charge on any atom is -0.357 e. The van der Waals surface area contributed by atoms with Crippen molar-refractivity contribution in [3.63, 3.8) is 0 Å². The number of aromatic nitrogens is 1. The van der Waals surface area contributed by atoms with Crippen LogP contribution >= 0.6 is 11.3 Å². The van der Waals surface area contributed by atoms with E-state index < -0.39 is 4.92 Å². The van der Waals surface area contributed by atoms with E-state index in [1.54, 1.807) is 0 Å². The van der Waals surface area contributed by atoms with Crippen LogP contribution in [0.3, 0.4) is 0 Å². The molecule has 1 atom stereocenters. The fourth-order valence-electron chi connectivity index (χ4n) is 2.27. The number of rotatable bonds is 4. The van der Waals surface area contributed by atoms with Crippen LogP contribution in [0.25, 0.3) is 0 Å². The van der Waals surface area contributed by atoms with Gasteiger partial charge in [0.25, 0.3) is 0 Å². The van der Waals surface area contributed by atoms with E-state index in [1.165, 1.54) is 19.0 Å². The Morgan fingerprint density at radius 3 is 3.00 bits per heavy atom. The van der Waals surface area contributed by atoms with Crippen molar-refractivity contribution in [1.29, 1.82) is 0 Å². The Bertz CT molecular complexity index is 432. The second-order valence-electron chi connectivity index (χ2n) is 4.62. The summed E-state index contributed by atoms with van der Waals surface area (Å²) < 4.78 is 0. The van der Waals surface area contributed by atoms with Gasteiger partial charge in [0.15, 0.2) is 5.13 Å². The summed E-state index contributed by atoms with van der Waals surface area (Å²) in [5.41, 5.74) is 0. The number of thiazole rings is 1. The largest absolute Gasteiger partial charge is 0.357 e. The van der Waals surface area contributed by atoms with Crippen LogP contribution in [0.15, 0.2) is 6.20 Å². The summed E-state index contributed by atoms with van der Waals surface area (Å²) in [5, 5.41) is 14.6. The third-order valence-electron chi connectivity index (χ3n) is 3.28. The molecule has 1 aromatic rings. The molecule has 1 saturated carbocycles. The van der Waals surface area contributed by atoms with Crippen molar-refractivity contribution >= 4 is 21.5 Å². The Kier molecular flexibility index (Phi) is 2.71. The summed E-state index contributed by atoms with van der Waals surface area (Å²) in [6.45, 7) is 2.17. The van der Waals surface area contributed by atoms with E-state index in [-0.39, 0.29) is 5.00 Å². The minimum absolute atomic E-state index is 0.101. The molecule has 1 unspecified atom stereocenters. The average Bonchev–Trinajstić information content (AvgIpc) is 2.87. The standard InChI is InChI=1S/C10H14N4O2S/c15-14(16)9-5-11-10(17-9)12-7-3-4-13(6-7)8-1-2-8/h5,7-8H,1-4,6H2,(H,11,12). The molecule has 3 rings (SSSR count). The van der Waals surface area contributed by atoms with Gasteiger partial charge in [0.1, 0.15) is 6.20 Å². The second kappa shape index (κ2) is 4.23. The van der Waals surface area contributed by atoms with Gasteiger partial charge in [-0.3, -0.25) is 15.0 Å². The summed E-state index contributed by atoms with van der Waals surface area (Å²) in [6, 6.07) is 1.19. The first-order chi connectivity index (χ1) is 8.22. The van der Waals surface area contributed by atoms with E-state index in [4.69, 9.17) is 0 Å². The molecule has 1 N–H and O–H groups in total. The SMILES string of the molecule is O=[N+]([O-])c1cnc(NC2CCN(C3CC3)C2)s1. The zero-order chi connectivity index (χ0) is 11.8. The molecule has 17 heavy (non-hydrogen) atoms. The smallest absolute Gasteiger partial charge is 0.345 e. The Hall–Kier alpha value is -1.21. The number of hydrogen-bond donors (Lipinski definition) is 1. The average molecular weight is 254 g/mol. The van der Waals surface area contributed by atoms with Crippen molar-refractivity contribution < 1.29 is 4.92 Å². The molecule has 1 aliphatic heterocycles. The maximum absolute atomic E-state index is 10.5. The fourth-order valence-corrected chi connectivity index (χ4v) is 2.98. The first kappa shape index (κ1) is 10.9. The molecule has 0 bridgehead atoms. The van der Waals surface area contributed by atoms with Crippen LogP contribution in [0.5, 0.6) is 0 Å². The van der Waals surface area contributed by atoms with Gasteiger partial charge >= 0.3 is 5.00 Å². The van der Waals surface area contributed by atoms with Crippen LogP contribution in [0.4, 0.5) is 10.1 Å². The number of anilines is 1. The van der Waals surface area contributed by atoms with Crippen molar-refractivity contribution in [3.8, 4) is 0 Å². The Balaban J connectivity index is 1.57. The highest BCUT2D eigenvalue weighted by Gasteiger charge is 2.34. The molecular weight excluding hydrogens is 240 g/mol. The lowest BCUT2D eigenvalue weighted by Gasteiger charge is -2.14. The third kappa shape index (κ3) is 2.39. The van der Waals surface area contributed by atoms with E-state index >= 15 is 0 Å². The van der Waals surface area contributed by atoms with Crippen LogP contribution < -0.4 is 5.32 Å². The summed E-state index contributed by atoms with van der Waals surface area (Å²) in [7, 11) is 0. The number of nitrogens with zero attached hydrogens (tertiary/aromatic N) is 3. The first-order valence-corrected chi connectivity index (χ1v) is 6.65. The summed E-state index contributed by atoms with van der Waals surface area (Å²) in [4.78, 5) is 16.7. The molecule has 2 fully saturated rings. The molecular formula is C10H14N4O2S. The second-order valence-corrected chi connectivity index (χ2v) is 5.63. The molecule has 7 heteroatoms. The van der Waals surface area contributed by atoms with Gasteiger partial charge in [-0.15, -0.1) is 0 Å². The van der Waals surface area contributed by atoms with E-state index in [1.807, 2.05) is 0 Å². The van der Waals surface area contributed by atoms with Crippen LogP contribution in [-0.2, 0) is 0 Å². The summed E-state index contributed by atoms with van der Waals surface area (Å²) >= 11 is 1.11. The molecule has 92 valence electrons. The lowest BCUT2D eigenvalue weighted by molar-refractivity contribution is -0.380. The van der Waals surface area contributed by atoms with Crippen LogP contribution in [-0.4, -0.2) is 40.0 Å². The van der Waals surface area contributed by atoms with E-state index in [9.17, 15) is 10.1 Å². The van der Waals surface area contributed by atoms with Gasteiger partial charge in [-0.1, -0.05) is 0 Å². The van der Waals surface area contributed by atoms with Crippen LogP contribution in [0, 0.1) is 10.1 Å². The molecule has 0 aromatic carbocycles. The molecule has 0 spiro atoms. The van der Waals surface area contributed by atoms with Crippen molar-refractivity contribution in [2.75, 3.05) is 18.4 Å². The maximum Gasteiger partial charge on any atom is 0.345 e. The molecule has 2 heterocycles. The highest BCUT2D eigenvalue weighted by molar-refractivity contribution is 7.18. The quantitative estimate of drug-likeness (QED) is 0.654. The topological polar surface area (TPSA) is 71.3 Å². The summed E-state index contributed by atoms with van der Waals surface area (Å²) in [6.07, 6.45) is 5.08. The monoisotopic (exact) mass is 254 g/mol. The third-order valence-corrected chi connectivity index (χ3v) is 4.16. The predicted octanol–water partition coefficient (Wildman–Crippen LogP) is 1.70. The molecule has 2 aliphatic rings. The molecule has 1 aromatic heterocycles. The number of likely N-dealkylation sites (tertiary alicyclic amines) is 1. The number of nitro groups is 1. The minimum atomic E-state index is -0.395. The molecule has 0 amide bonds. The van der Waals surface area contributed by atoms with Crippen LogP contribution in [0.2, 0.25) is 0 Å². The van der Waals surface area contributed by atoms with Gasteiger partial charge in [-0.2, -0.15) is 0 Å². The molecule has 0 radical (unpaired) electrons. The first-order valence-electron chi connectivity index (χ1n) is 5.83.